The van der Waals surface area contributed by atoms with Gasteiger partial charge in [-0.15, -0.1) is 0 Å². The van der Waals surface area contributed by atoms with Crippen molar-refractivity contribution in [1.82, 2.24) is 4.57 Å². The van der Waals surface area contributed by atoms with Gasteiger partial charge in [0.15, 0.2) is 0 Å². The SMILES string of the molecule is Cn1c(-c2ccc(N(c3ccc(OC4=CCCC=C4)cc3)c3ccc(Oc4ccccc4)cc3)cc2)ccc1-c1ccc(N(c2ccc(Oc3ccccc3)cc2)c2ccc(Oc3ccccc3)cc2)cc1. The first-order valence-electron chi connectivity index (χ1n) is 24.2. The van der Waals surface area contributed by atoms with Gasteiger partial charge in [0, 0.05) is 52.6 Å². The molecular formula is C65H51N3O4. The van der Waals surface area contributed by atoms with Crippen LogP contribution in [-0.4, -0.2) is 4.57 Å². The zero-order valence-electron chi connectivity index (χ0n) is 39.8. The van der Waals surface area contributed by atoms with Gasteiger partial charge in [0.2, 0.25) is 0 Å². The summed E-state index contributed by atoms with van der Waals surface area (Å²) in [5.74, 6) is 6.35. The number of para-hydroxylation sites is 3. The highest BCUT2D eigenvalue weighted by atomic mass is 16.5. The molecule has 7 heteroatoms. The molecule has 350 valence electrons. The number of aromatic nitrogens is 1. The topological polar surface area (TPSA) is 48.3 Å². The van der Waals surface area contributed by atoms with Crippen LogP contribution in [0.25, 0.3) is 22.5 Å². The van der Waals surface area contributed by atoms with E-state index in [1.54, 1.807) is 0 Å². The van der Waals surface area contributed by atoms with Crippen molar-refractivity contribution in [3.05, 3.63) is 273 Å². The second-order valence-corrected chi connectivity index (χ2v) is 17.3. The maximum Gasteiger partial charge on any atom is 0.127 e. The lowest BCUT2D eigenvalue weighted by Gasteiger charge is -2.26. The number of hydrogen-bond acceptors (Lipinski definition) is 6. The fraction of sp³-hybridized carbons (Fsp3) is 0.0462. The predicted octanol–water partition coefficient (Wildman–Crippen LogP) is 18.3. The molecule has 0 bridgehead atoms. The van der Waals surface area contributed by atoms with Gasteiger partial charge < -0.3 is 33.3 Å². The average molecular weight is 938 g/mol. The molecule has 0 unspecified atom stereocenters. The highest BCUT2D eigenvalue weighted by Gasteiger charge is 2.18. The van der Waals surface area contributed by atoms with Crippen LogP contribution in [0.5, 0.6) is 40.2 Å². The van der Waals surface area contributed by atoms with E-state index in [1.807, 2.05) is 146 Å². The van der Waals surface area contributed by atoms with Gasteiger partial charge >= 0.3 is 0 Å². The van der Waals surface area contributed by atoms with Crippen LogP contribution in [0.15, 0.2) is 273 Å². The Kier molecular flexibility index (Phi) is 13.2. The molecule has 1 aromatic heterocycles. The van der Waals surface area contributed by atoms with E-state index in [4.69, 9.17) is 18.9 Å². The Morgan fingerprint density at radius 2 is 0.597 bits per heavy atom. The quantitative estimate of drug-likeness (QED) is 0.0962. The Balaban J connectivity index is 0.853. The summed E-state index contributed by atoms with van der Waals surface area (Å²) >= 11 is 0. The van der Waals surface area contributed by atoms with Crippen molar-refractivity contribution >= 4 is 34.1 Å². The van der Waals surface area contributed by atoms with Crippen molar-refractivity contribution < 1.29 is 18.9 Å². The Morgan fingerprint density at radius 3 is 0.903 bits per heavy atom. The van der Waals surface area contributed by atoms with Gasteiger partial charge in [0.05, 0.1) is 0 Å². The Morgan fingerprint density at radius 1 is 0.306 bits per heavy atom. The molecule has 0 radical (unpaired) electrons. The third-order valence-corrected chi connectivity index (χ3v) is 12.5. The van der Waals surface area contributed by atoms with E-state index in [1.165, 1.54) is 0 Å². The molecule has 0 fully saturated rings. The fourth-order valence-electron chi connectivity index (χ4n) is 8.88. The molecule has 1 aliphatic carbocycles. The molecule has 11 rings (SSSR count). The van der Waals surface area contributed by atoms with E-state index < -0.39 is 0 Å². The van der Waals surface area contributed by atoms with Crippen molar-refractivity contribution in [2.75, 3.05) is 9.80 Å². The lowest BCUT2D eigenvalue weighted by atomic mass is 10.1. The lowest BCUT2D eigenvalue weighted by molar-refractivity contribution is 0.439. The highest BCUT2D eigenvalue weighted by Crippen LogP contribution is 2.41. The smallest absolute Gasteiger partial charge is 0.127 e. The monoisotopic (exact) mass is 937 g/mol. The van der Waals surface area contributed by atoms with Crippen LogP contribution in [0, 0.1) is 0 Å². The molecule has 1 aliphatic rings. The average Bonchev–Trinajstić information content (AvgIpc) is 3.83. The summed E-state index contributed by atoms with van der Waals surface area (Å²) in [7, 11) is 2.13. The summed E-state index contributed by atoms with van der Waals surface area (Å²) in [5, 5.41) is 0. The molecule has 0 N–H and O–H groups in total. The van der Waals surface area contributed by atoms with Gasteiger partial charge in [0.1, 0.15) is 46.0 Å². The van der Waals surface area contributed by atoms with Crippen molar-refractivity contribution in [2.45, 2.75) is 12.8 Å². The van der Waals surface area contributed by atoms with Crippen molar-refractivity contribution in [3.63, 3.8) is 0 Å². The van der Waals surface area contributed by atoms with E-state index in [9.17, 15) is 0 Å². The van der Waals surface area contributed by atoms with Crippen LogP contribution >= 0.6 is 0 Å². The normalized spacial score (nSPS) is 11.9. The Hall–Kier alpha value is -9.46. The molecule has 0 atom stereocenters. The minimum absolute atomic E-state index is 0.764. The molecule has 0 aliphatic heterocycles. The van der Waals surface area contributed by atoms with E-state index in [-0.39, 0.29) is 0 Å². The number of rotatable bonds is 16. The number of benzene rings is 9. The molecule has 0 saturated heterocycles. The fourth-order valence-corrected chi connectivity index (χ4v) is 8.88. The second-order valence-electron chi connectivity index (χ2n) is 17.3. The Labute approximate surface area is 421 Å². The van der Waals surface area contributed by atoms with Gasteiger partial charge in [-0.3, -0.25) is 0 Å². The minimum atomic E-state index is 0.764. The van der Waals surface area contributed by atoms with Crippen molar-refractivity contribution in [1.29, 1.82) is 0 Å². The zero-order valence-corrected chi connectivity index (χ0v) is 39.8. The summed E-state index contributed by atoms with van der Waals surface area (Å²) in [6, 6.07) is 84.3. The van der Waals surface area contributed by atoms with Crippen LogP contribution in [0.4, 0.5) is 34.1 Å². The van der Waals surface area contributed by atoms with Crippen molar-refractivity contribution in [2.24, 2.45) is 7.05 Å². The second kappa shape index (κ2) is 21.0. The maximum atomic E-state index is 6.20. The van der Waals surface area contributed by atoms with Crippen molar-refractivity contribution in [3.8, 4) is 62.8 Å². The predicted molar refractivity (Wildman–Crippen MR) is 292 cm³/mol. The number of allylic oxidation sites excluding steroid dienone is 3. The van der Waals surface area contributed by atoms with Crippen LogP contribution in [0.2, 0.25) is 0 Å². The molecule has 0 amide bonds. The summed E-state index contributed by atoms with van der Waals surface area (Å²) in [6.07, 6.45) is 8.36. The van der Waals surface area contributed by atoms with E-state index in [0.717, 1.165) is 115 Å². The largest absolute Gasteiger partial charge is 0.458 e. The first kappa shape index (κ1) is 45.0. The van der Waals surface area contributed by atoms with Gasteiger partial charge in [-0.05, 0) is 206 Å². The minimum Gasteiger partial charge on any atom is -0.458 e. The molecule has 0 spiro atoms. The molecule has 7 nitrogen and oxygen atoms in total. The summed E-state index contributed by atoms with van der Waals surface area (Å²) in [6.45, 7) is 0. The first-order chi connectivity index (χ1) is 35.6. The third-order valence-electron chi connectivity index (χ3n) is 12.5. The van der Waals surface area contributed by atoms with Crippen LogP contribution in [0.3, 0.4) is 0 Å². The first-order valence-corrected chi connectivity index (χ1v) is 24.2. The number of nitrogens with zero attached hydrogens (tertiary/aromatic N) is 3. The zero-order chi connectivity index (χ0) is 48.5. The molecular weight excluding hydrogens is 887 g/mol. The molecule has 10 aromatic rings. The van der Waals surface area contributed by atoms with E-state index >= 15 is 0 Å². The van der Waals surface area contributed by atoms with E-state index in [0.29, 0.717) is 0 Å². The Bertz CT molecular complexity index is 3320. The van der Waals surface area contributed by atoms with Crippen LogP contribution < -0.4 is 28.7 Å². The van der Waals surface area contributed by atoms with E-state index in [2.05, 4.69) is 143 Å². The van der Waals surface area contributed by atoms with Gasteiger partial charge in [-0.1, -0.05) is 84.9 Å². The maximum absolute atomic E-state index is 6.20. The highest BCUT2D eigenvalue weighted by molar-refractivity contribution is 5.81. The number of hydrogen-bond donors (Lipinski definition) is 0. The van der Waals surface area contributed by atoms with Gasteiger partial charge in [-0.2, -0.15) is 0 Å². The van der Waals surface area contributed by atoms with Crippen LogP contribution in [0.1, 0.15) is 12.8 Å². The standard InChI is InChI=1S/C65H51N3O4/c1-66-64(48-22-26-50(27-23-48)67(52-30-38-60(39-31-52)69-56-14-6-2-7-15-56)53-32-40-61(41-33-53)70-57-16-8-3-9-17-57)46-47-65(66)49-24-28-51(29-25-49)68(54-34-42-62(43-35-54)71-58-18-10-4-11-19-58)55-36-44-63(45-37-55)72-59-20-12-5-13-21-59/h2-4,6-12,14-47H,5,13H2,1H3. The molecule has 72 heavy (non-hydrogen) atoms. The number of anilines is 6. The van der Waals surface area contributed by atoms with Crippen LogP contribution in [-0.2, 0) is 7.05 Å². The molecule has 9 aromatic carbocycles. The van der Waals surface area contributed by atoms with Gasteiger partial charge in [-0.25, -0.2) is 0 Å². The molecule has 1 heterocycles. The van der Waals surface area contributed by atoms with Gasteiger partial charge in [0.25, 0.3) is 0 Å². The summed E-state index contributed by atoms with van der Waals surface area (Å²) in [4.78, 5) is 4.49. The third kappa shape index (κ3) is 10.4. The summed E-state index contributed by atoms with van der Waals surface area (Å²) < 4.78 is 26.9. The lowest BCUT2D eigenvalue weighted by Crippen LogP contribution is -2.10. The number of ether oxygens (including phenoxy) is 4. The molecule has 0 saturated carbocycles. The summed E-state index contributed by atoms with van der Waals surface area (Å²) in [5.41, 5.74) is 10.5.